The second-order valence-corrected chi connectivity index (χ2v) is 4.30. The van der Waals surface area contributed by atoms with Gasteiger partial charge in [-0.1, -0.05) is 28.4 Å². The van der Waals surface area contributed by atoms with Gasteiger partial charge in [-0.15, -0.1) is 0 Å². The fourth-order valence-electron chi connectivity index (χ4n) is 1.34. The maximum atomic E-state index is 6.03. The van der Waals surface area contributed by atoms with Crippen molar-refractivity contribution >= 4 is 34.8 Å². The Morgan fingerprint density at radius 1 is 1.22 bits per heavy atom. The lowest BCUT2D eigenvalue weighted by molar-refractivity contribution is 0.379. The molecule has 96 valence electrons. The number of nitrogens with one attached hydrogen (secondary N) is 2. The van der Waals surface area contributed by atoms with Crippen molar-refractivity contribution in [3.05, 3.63) is 27.8 Å². The summed E-state index contributed by atoms with van der Waals surface area (Å²) in [5.41, 5.74) is 0. The summed E-state index contributed by atoms with van der Waals surface area (Å²) in [5.74, 6) is 2.09. The highest BCUT2D eigenvalue weighted by molar-refractivity contribution is 6.37. The fourth-order valence-corrected chi connectivity index (χ4v) is 1.86. The van der Waals surface area contributed by atoms with E-state index in [1.54, 1.807) is 20.0 Å². The quantitative estimate of drug-likeness (QED) is 0.901. The van der Waals surface area contributed by atoms with Crippen LogP contribution in [-0.2, 0) is 6.54 Å². The van der Waals surface area contributed by atoms with Gasteiger partial charge < -0.3 is 15.2 Å². The molecule has 0 spiro atoms. The van der Waals surface area contributed by atoms with Crippen LogP contribution in [0.4, 0.5) is 11.6 Å². The Morgan fingerprint density at radius 3 is 2.56 bits per heavy atom. The minimum absolute atomic E-state index is 0.346. The summed E-state index contributed by atoms with van der Waals surface area (Å²) in [5, 5.41) is 10.5. The van der Waals surface area contributed by atoms with Crippen LogP contribution in [0.5, 0.6) is 0 Å². The number of halogens is 2. The van der Waals surface area contributed by atoms with Gasteiger partial charge in [0.1, 0.15) is 11.6 Å². The maximum Gasteiger partial charge on any atom is 0.245 e. The van der Waals surface area contributed by atoms with Crippen molar-refractivity contribution in [2.75, 3.05) is 17.7 Å². The number of hydrogen-bond donors (Lipinski definition) is 2. The van der Waals surface area contributed by atoms with E-state index in [4.69, 9.17) is 27.7 Å². The average Bonchev–Trinajstić information content (AvgIpc) is 2.74. The number of nitrogens with zero attached hydrogens (tertiary/aromatic N) is 3. The van der Waals surface area contributed by atoms with Gasteiger partial charge in [-0.25, -0.2) is 4.98 Å². The van der Waals surface area contributed by atoms with Gasteiger partial charge >= 0.3 is 0 Å². The first kappa shape index (κ1) is 12.9. The third-order valence-corrected chi connectivity index (χ3v) is 2.72. The molecule has 2 aromatic rings. The van der Waals surface area contributed by atoms with Gasteiger partial charge in [0.25, 0.3) is 0 Å². The summed E-state index contributed by atoms with van der Waals surface area (Å²) in [6, 6.07) is 1.61. The highest BCUT2D eigenvalue weighted by Crippen LogP contribution is 2.29. The second kappa shape index (κ2) is 5.41. The Hall–Kier alpha value is -1.53. The van der Waals surface area contributed by atoms with Crippen LogP contribution in [0.15, 0.2) is 10.6 Å². The maximum absolute atomic E-state index is 6.03. The van der Waals surface area contributed by atoms with Crippen LogP contribution in [-0.4, -0.2) is 22.2 Å². The van der Waals surface area contributed by atoms with E-state index in [2.05, 4.69) is 25.8 Å². The summed E-state index contributed by atoms with van der Waals surface area (Å²) in [7, 11) is 1.73. The van der Waals surface area contributed by atoms with Crippen LogP contribution in [0, 0.1) is 6.92 Å². The molecular weight excluding hydrogens is 277 g/mol. The minimum atomic E-state index is 0.346. The van der Waals surface area contributed by atoms with Gasteiger partial charge in [-0.05, 0) is 13.0 Å². The molecule has 8 heteroatoms. The topological polar surface area (TPSA) is 75.9 Å². The molecule has 0 bridgehead atoms. The van der Waals surface area contributed by atoms with Crippen molar-refractivity contribution in [3.8, 4) is 0 Å². The van der Waals surface area contributed by atoms with Gasteiger partial charge in [0.15, 0.2) is 5.82 Å². The van der Waals surface area contributed by atoms with E-state index in [-0.39, 0.29) is 0 Å². The Kier molecular flexibility index (Phi) is 3.88. The molecule has 0 amide bonds. The first-order chi connectivity index (χ1) is 8.60. The van der Waals surface area contributed by atoms with Crippen LogP contribution < -0.4 is 10.6 Å². The predicted molar refractivity (Wildman–Crippen MR) is 70.2 cm³/mol. The monoisotopic (exact) mass is 287 g/mol. The number of rotatable bonds is 4. The molecule has 0 fully saturated rings. The van der Waals surface area contributed by atoms with Crippen LogP contribution in [0.2, 0.25) is 10.0 Å². The molecule has 0 aliphatic rings. The molecule has 0 aromatic carbocycles. The van der Waals surface area contributed by atoms with Crippen molar-refractivity contribution in [3.63, 3.8) is 0 Å². The zero-order valence-electron chi connectivity index (χ0n) is 9.79. The molecule has 0 unspecified atom stereocenters. The highest BCUT2D eigenvalue weighted by atomic mass is 35.5. The SMILES string of the molecule is CNc1nc(NCc2nc(C)no2)c(Cl)cc1Cl. The van der Waals surface area contributed by atoms with Crippen molar-refractivity contribution in [2.24, 2.45) is 0 Å². The molecule has 2 aromatic heterocycles. The number of anilines is 2. The van der Waals surface area contributed by atoms with E-state index in [0.717, 1.165) is 0 Å². The predicted octanol–water partition coefficient (Wildman–Crippen LogP) is 2.73. The zero-order valence-corrected chi connectivity index (χ0v) is 11.3. The number of pyridine rings is 1. The van der Waals surface area contributed by atoms with Crippen LogP contribution in [0.3, 0.4) is 0 Å². The normalized spacial score (nSPS) is 10.4. The Balaban J connectivity index is 2.13. The molecule has 0 aliphatic carbocycles. The molecule has 0 atom stereocenters. The summed E-state index contributed by atoms with van der Waals surface area (Å²) in [6.07, 6.45) is 0. The van der Waals surface area contributed by atoms with Gasteiger partial charge in [0.05, 0.1) is 16.6 Å². The molecular formula is C10H11Cl2N5O. The van der Waals surface area contributed by atoms with Crippen molar-refractivity contribution < 1.29 is 4.52 Å². The smallest absolute Gasteiger partial charge is 0.245 e. The molecule has 0 radical (unpaired) electrons. The molecule has 2 heterocycles. The summed E-state index contributed by atoms with van der Waals surface area (Å²) < 4.78 is 4.97. The van der Waals surface area contributed by atoms with Crippen molar-refractivity contribution in [2.45, 2.75) is 13.5 Å². The third kappa shape index (κ3) is 2.83. The molecule has 0 saturated carbocycles. The first-order valence-corrected chi connectivity index (χ1v) is 5.92. The molecule has 18 heavy (non-hydrogen) atoms. The molecule has 2 rings (SSSR count). The van der Waals surface area contributed by atoms with Crippen molar-refractivity contribution in [1.82, 2.24) is 15.1 Å². The fraction of sp³-hybridized carbons (Fsp3) is 0.300. The van der Waals surface area contributed by atoms with E-state index in [9.17, 15) is 0 Å². The van der Waals surface area contributed by atoms with Gasteiger partial charge in [0.2, 0.25) is 5.89 Å². The lowest BCUT2D eigenvalue weighted by Crippen LogP contribution is -2.04. The summed E-state index contributed by atoms with van der Waals surface area (Å²) in [6.45, 7) is 2.10. The Labute approximate surface area is 114 Å². The van der Waals surface area contributed by atoms with Crippen LogP contribution >= 0.6 is 23.2 Å². The van der Waals surface area contributed by atoms with E-state index in [0.29, 0.717) is 39.9 Å². The zero-order chi connectivity index (χ0) is 13.1. The van der Waals surface area contributed by atoms with Gasteiger partial charge in [0, 0.05) is 7.05 Å². The van der Waals surface area contributed by atoms with Gasteiger partial charge in [-0.3, -0.25) is 0 Å². The highest BCUT2D eigenvalue weighted by Gasteiger charge is 2.09. The third-order valence-electron chi connectivity index (χ3n) is 2.14. The van der Waals surface area contributed by atoms with Crippen LogP contribution in [0.1, 0.15) is 11.7 Å². The Bertz CT molecular complexity index is 557. The van der Waals surface area contributed by atoms with Gasteiger partial charge in [-0.2, -0.15) is 4.98 Å². The lowest BCUT2D eigenvalue weighted by atomic mass is 10.4. The summed E-state index contributed by atoms with van der Waals surface area (Å²) in [4.78, 5) is 8.30. The largest absolute Gasteiger partial charge is 0.372 e. The Morgan fingerprint density at radius 2 is 1.94 bits per heavy atom. The lowest BCUT2D eigenvalue weighted by Gasteiger charge is -2.09. The number of aryl methyl sites for hydroxylation is 1. The summed E-state index contributed by atoms with van der Waals surface area (Å²) >= 11 is 12.0. The molecule has 0 saturated heterocycles. The van der Waals surface area contributed by atoms with E-state index < -0.39 is 0 Å². The second-order valence-electron chi connectivity index (χ2n) is 3.49. The standard InChI is InChI=1S/C10H11Cl2N5O/c1-5-15-8(18-17-5)4-14-10-7(12)3-6(11)9(13-2)16-10/h3H,4H2,1-2H3,(H2,13,14,16). The van der Waals surface area contributed by atoms with E-state index >= 15 is 0 Å². The number of aromatic nitrogens is 3. The average molecular weight is 288 g/mol. The van der Waals surface area contributed by atoms with E-state index in [1.807, 2.05) is 0 Å². The molecule has 2 N–H and O–H groups in total. The van der Waals surface area contributed by atoms with Crippen LogP contribution in [0.25, 0.3) is 0 Å². The minimum Gasteiger partial charge on any atom is -0.372 e. The molecule has 6 nitrogen and oxygen atoms in total. The number of hydrogen-bond acceptors (Lipinski definition) is 6. The first-order valence-electron chi connectivity index (χ1n) is 5.17. The van der Waals surface area contributed by atoms with Crippen molar-refractivity contribution in [1.29, 1.82) is 0 Å². The molecule has 0 aliphatic heterocycles. The van der Waals surface area contributed by atoms with E-state index in [1.165, 1.54) is 0 Å².